The number of aryl methyl sites for hydroxylation is 3. The van der Waals surface area contributed by atoms with Crippen LogP contribution < -0.4 is 0 Å². The average Bonchev–Trinajstić information content (AvgIpc) is 2.82. The molecule has 0 fully saturated rings. The van der Waals surface area contributed by atoms with Crippen LogP contribution in [-0.4, -0.2) is 14.4 Å². The molecule has 0 amide bonds. The summed E-state index contributed by atoms with van der Waals surface area (Å²) in [5.41, 5.74) is 4.13. The number of hydrogen-bond donors (Lipinski definition) is 0. The lowest BCUT2D eigenvalue weighted by molar-refractivity contribution is 1.09. The van der Waals surface area contributed by atoms with Crippen molar-refractivity contribution in [3.8, 4) is 11.4 Å². The number of hydrogen-bond acceptors (Lipinski definition) is 3. The molecule has 3 rings (SSSR count). The quantitative estimate of drug-likeness (QED) is 0.656. The van der Waals surface area contributed by atoms with Gasteiger partial charge in [-0.1, -0.05) is 6.07 Å². The molecule has 0 saturated carbocycles. The molecule has 0 aliphatic rings. The molecule has 0 aromatic carbocycles. The Morgan fingerprint density at radius 2 is 1.94 bits per heavy atom. The summed E-state index contributed by atoms with van der Waals surface area (Å²) in [7, 11) is 0. The molecule has 0 bridgehead atoms. The fraction of sp³-hybridized carbons (Fsp3) is 0.231. The number of aromatic nitrogens is 3. The van der Waals surface area contributed by atoms with Crippen LogP contribution in [0.1, 0.15) is 15.6 Å². The Labute approximate surface area is 104 Å². The maximum absolute atomic E-state index is 4.63. The normalized spacial score (nSPS) is 11.2. The van der Waals surface area contributed by atoms with Gasteiger partial charge in [0.2, 0.25) is 0 Å². The molecule has 3 aromatic rings. The maximum atomic E-state index is 4.63. The van der Waals surface area contributed by atoms with Crippen LogP contribution in [0.5, 0.6) is 0 Å². The summed E-state index contributed by atoms with van der Waals surface area (Å²) < 4.78 is 2.10. The van der Waals surface area contributed by atoms with E-state index in [1.54, 1.807) is 11.3 Å². The molecule has 3 nitrogen and oxygen atoms in total. The molecule has 86 valence electrons. The summed E-state index contributed by atoms with van der Waals surface area (Å²) in [6, 6.07) is 6.13. The second-order valence-electron chi connectivity index (χ2n) is 4.16. The molecule has 3 heterocycles. The third kappa shape index (κ3) is 1.65. The van der Waals surface area contributed by atoms with Crippen LogP contribution >= 0.6 is 11.3 Å². The predicted molar refractivity (Wildman–Crippen MR) is 70.5 cm³/mol. The van der Waals surface area contributed by atoms with Crippen molar-refractivity contribution in [2.75, 3.05) is 0 Å². The first-order valence-corrected chi connectivity index (χ1v) is 6.36. The van der Waals surface area contributed by atoms with Gasteiger partial charge in [-0.15, -0.1) is 11.3 Å². The molecule has 0 aliphatic heterocycles. The molecule has 0 saturated heterocycles. The summed E-state index contributed by atoms with van der Waals surface area (Å²) in [6.07, 6.45) is 2.06. The highest BCUT2D eigenvalue weighted by molar-refractivity contribution is 7.11. The van der Waals surface area contributed by atoms with Crippen molar-refractivity contribution in [1.82, 2.24) is 14.4 Å². The van der Waals surface area contributed by atoms with Crippen molar-refractivity contribution >= 4 is 17.0 Å². The maximum Gasteiger partial charge on any atom is 0.137 e. The molecular weight excluding hydrogens is 230 g/mol. The topological polar surface area (TPSA) is 30.2 Å². The Morgan fingerprint density at radius 1 is 1.12 bits per heavy atom. The van der Waals surface area contributed by atoms with E-state index in [4.69, 9.17) is 0 Å². The van der Waals surface area contributed by atoms with E-state index < -0.39 is 0 Å². The summed E-state index contributed by atoms with van der Waals surface area (Å²) in [6.45, 7) is 6.21. The van der Waals surface area contributed by atoms with E-state index in [9.17, 15) is 0 Å². The molecule has 3 aromatic heterocycles. The van der Waals surface area contributed by atoms with Crippen LogP contribution in [0.3, 0.4) is 0 Å². The molecule has 0 spiro atoms. The Balaban J connectivity index is 2.25. The zero-order chi connectivity index (χ0) is 12.0. The first-order valence-electron chi connectivity index (χ1n) is 5.54. The zero-order valence-electron chi connectivity index (χ0n) is 10.1. The summed E-state index contributed by atoms with van der Waals surface area (Å²) in [5.74, 6) is 0. The van der Waals surface area contributed by atoms with Gasteiger partial charge in [0.1, 0.15) is 17.0 Å². The zero-order valence-corrected chi connectivity index (χ0v) is 10.9. The molecule has 17 heavy (non-hydrogen) atoms. The van der Waals surface area contributed by atoms with Gasteiger partial charge in [0.25, 0.3) is 0 Å². The van der Waals surface area contributed by atoms with Gasteiger partial charge < -0.3 is 4.40 Å². The van der Waals surface area contributed by atoms with Crippen LogP contribution in [0.25, 0.3) is 17.0 Å². The standard InChI is InChI=1S/C13H13N3S/c1-8-5-4-6-12-15-11(7-16(8)12)13-9(2)17-10(3)14-13/h4-7H,1-3H3. The lowest BCUT2D eigenvalue weighted by atomic mass is 10.3. The molecular formula is C13H13N3S. The van der Waals surface area contributed by atoms with E-state index in [-0.39, 0.29) is 0 Å². The smallest absolute Gasteiger partial charge is 0.137 e. The Bertz CT molecular complexity index is 694. The average molecular weight is 243 g/mol. The van der Waals surface area contributed by atoms with Crippen LogP contribution in [0.4, 0.5) is 0 Å². The minimum Gasteiger partial charge on any atom is -0.304 e. The molecule has 0 unspecified atom stereocenters. The van der Waals surface area contributed by atoms with Gasteiger partial charge in [-0.3, -0.25) is 0 Å². The van der Waals surface area contributed by atoms with E-state index >= 15 is 0 Å². The van der Waals surface area contributed by atoms with Gasteiger partial charge in [-0.25, -0.2) is 9.97 Å². The summed E-state index contributed by atoms with van der Waals surface area (Å²) in [4.78, 5) is 10.4. The summed E-state index contributed by atoms with van der Waals surface area (Å²) in [5, 5.41) is 1.09. The largest absolute Gasteiger partial charge is 0.304 e. The first kappa shape index (κ1) is 10.5. The van der Waals surface area contributed by atoms with Crippen LogP contribution in [-0.2, 0) is 0 Å². The molecule has 0 aliphatic carbocycles. The lowest BCUT2D eigenvalue weighted by Crippen LogP contribution is -1.86. The van der Waals surface area contributed by atoms with Gasteiger partial charge in [0, 0.05) is 16.8 Å². The number of pyridine rings is 1. The van der Waals surface area contributed by atoms with E-state index in [1.165, 1.54) is 10.6 Å². The third-order valence-electron chi connectivity index (χ3n) is 2.84. The van der Waals surface area contributed by atoms with Crippen molar-refractivity contribution in [2.45, 2.75) is 20.8 Å². The van der Waals surface area contributed by atoms with Crippen molar-refractivity contribution in [2.24, 2.45) is 0 Å². The van der Waals surface area contributed by atoms with Crippen LogP contribution in [0.2, 0.25) is 0 Å². The van der Waals surface area contributed by atoms with E-state index in [0.717, 1.165) is 22.0 Å². The van der Waals surface area contributed by atoms with Gasteiger partial charge >= 0.3 is 0 Å². The van der Waals surface area contributed by atoms with Crippen LogP contribution in [0, 0.1) is 20.8 Å². The molecule has 0 N–H and O–H groups in total. The Morgan fingerprint density at radius 3 is 2.59 bits per heavy atom. The molecule has 0 atom stereocenters. The Hall–Kier alpha value is -1.68. The Kier molecular flexibility index (Phi) is 2.26. The number of rotatable bonds is 1. The SMILES string of the molecule is Cc1nc(-c2cn3c(C)cccc3n2)c(C)s1. The van der Waals surface area contributed by atoms with Crippen molar-refractivity contribution in [3.05, 3.63) is 40.0 Å². The van der Waals surface area contributed by atoms with Gasteiger partial charge in [-0.2, -0.15) is 0 Å². The van der Waals surface area contributed by atoms with Crippen LogP contribution in [0.15, 0.2) is 24.4 Å². The highest BCUT2D eigenvalue weighted by Crippen LogP contribution is 2.26. The summed E-state index contributed by atoms with van der Waals surface area (Å²) >= 11 is 1.72. The molecule has 0 radical (unpaired) electrons. The van der Waals surface area contributed by atoms with E-state index in [1.807, 2.05) is 19.1 Å². The number of imidazole rings is 1. The van der Waals surface area contributed by atoms with Crippen molar-refractivity contribution in [1.29, 1.82) is 0 Å². The fourth-order valence-corrected chi connectivity index (χ4v) is 2.86. The third-order valence-corrected chi connectivity index (χ3v) is 3.73. The van der Waals surface area contributed by atoms with Crippen molar-refractivity contribution < 1.29 is 0 Å². The second-order valence-corrected chi connectivity index (χ2v) is 5.57. The number of thiazole rings is 1. The lowest BCUT2D eigenvalue weighted by Gasteiger charge is -1.95. The minimum absolute atomic E-state index is 0.959. The van der Waals surface area contributed by atoms with E-state index in [0.29, 0.717) is 0 Å². The second kappa shape index (κ2) is 3.67. The van der Waals surface area contributed by atoms with Gasteiger partial charge in [0.15, 0.2) is 0 Å². The highest BCUT2D eigenvalue weighted by Gasteiger charge is 2.11. The van der Waals surface area contributed by atoms with E-state index in [2.05, 4.69) is 40.5 Å². The minimum atomic E-state index is 0.959. The monoisotopic (exact) mass is 243 g/mol. The number of nitrogens with zero attached hydrogens (tertiary/aromatic N) is 3. The van der Waals surface area contributed by atoms with Gasteiger partial charge in [0.05, 0.1) is 5.01 Å². The van der Waals surface area contributed by atoms with Gasteiger partial charge in [-0.05, 0) is 32.9 Å². The number of fused-ring (bicyclic) bond motifs is 1. The fourth-order valence-electron chi connectivity index (χ4n) is 2.03. The first-order chi connectivity index (χ1) is 8.15. The predicted octanol–water partition coefficient (Wildman–Crippen LogP) is 3.38. The highest BCUT2D eigenvalue weighted by atomic mass is 32.1. The molecule has 4 heteroatoms. The van der Waals surface area contributed by atoms with Crippen molar-refractivity contribution in [3.63, 3.8) is 0 Å².